The zero-order chi connectivity index (χ0) is 21.5. The molecular formula is C24H25F2N3O2. The summed E-state index contributed by atoms with van der Waals surface area (Å²) in [6, 6.07) is 13.9. The van der Waals surface area contributed by atoms with Gasteiger partial charge in [-0.2, -0.15) is 10.2 Å². The van der Waals surface area contributed by atoms with Crippen LogP contribution in [0.15, 0.2) is 54.9 Å². The lowest BCUT2D eigenvalue weighted by atomic mass is 9.93. The first kappa shape index (κ1) is 20.3. The molecule has 1 spiro atoms. The molecule has 1 aromatic heterocycles. The highest BCUT2D eigenvalue weighted by atomic mass is 19.3. The Hall–Kier alpha value is -2.64. The maximum atomic E-state index is 13.5. The average Bonchev–Trinajstić information content (AvgIpc) is 3.33. The van der Waals surface area contributed by atoms with E-state index in [1.807, 2.05) is 30.3 Å². The molecule has 7 heteroatoms. The Morgan fingerprint density at radius 2 is 1.77 bits per heavy atom. The van der Waals surface area contributed by atoms with Gasteiger partial charge in [0.1, 0.15) is 18.5 Å². The molecule has 2 fully saturated rings. The molecule has 0 bridgehead atoms. The number of nitrogens with zero attached hydrogens (tertiary/aromatic N) is 3. The average molecular weight is 425 g/mol. The van der Waals surface area contributed by atoms with E-state index in [2.05, 4.69) is 27.2 Å². The summed E-state index contributed by atoms with van der Waals surface area (Å²) < 4.78 is 32.8. The summed E-state index contributed by atoms with van der Waals surface area (Å²) in [4.78, 5) is 2.06. The van der Waals surface area contributed by atoms with Crippen molar-refractivity contribution in [3.63, 3.8) is 0 Å². The topological polar surface area (TPSA) is 58.5 Å². The van der Waals surface area contributed by atoms with Crippen LogP contribution in [-0.2, 0) is 0 Å². The van der Waals surface area contributed by atoms with Crippen LogP contribution < -0.4 is 4.74 Å². The first-order chi connectivity index (χ1) is 14.9. The van der Waals surface area contributed by atoms with Crippen molar-refractivity contribution >= 4 is 10.8 Å². The van der Waals surface area contributed by atoms with Crippen LogP contribution >= 0.6 is 0 Å². The third kappa shape index (κ3) is 4.12. The number of fused-ring (bicyclic) bond motifs is 1. The molecule has 1 atom stereocenters. The fraction of sp³-hybridized carbons (Fsp3) is 0.417. The van der Waals surface area contributed by atoms with Gasteiger partial charge >= 0.3 is 0 Å². The van der Waals surface area contributed by atoms with Crippen molar-refractivity contribution in [1.29, 1.82) is 0 Å². The van der Waals surface area contributed by atoms with Crippen molar-refractivity contribution in [2.45, 2.75) is 31.3 Å². The summed E-state index contributed by atoms with van der Waals surface area (Å²) in [6.45, 7) is 1.82. The van der Waals surface area contributed by atoms with Crippen LogP contribution in [0.5, 0.6) is 5.75 Å². The van der Waals surface area contributed by atoms with Crippen LogP contribution in [-0.4, -0.2) is 58.5 Å². The number of hydrogen-bond donors (Lipinski definition) is 1. The van der Waals surface area contributed by atoms with Gasteiger partial charge < -0.3 is 14.7 Å². The number of rotatable bonds is 6. The van der Waals surface area contributed by atoms with E-state index in [1.54, 1.807) is 12.4 Å². The van der Waals surface area contributed by atoms with Gasteiger partial charge in [-0.1, -0.05) is 18.2 Å². The molecule has 1 N–H and O–H groups in total. The molecule has 0 amide bonds. The number of aliphatic hydroxyl groups is 1. The molecule has 162 valence electrons. The van der Waals surface area contributed by atoms with E-state index in [-0.39, 0.29) is 13.0 Å². The molecule has 1 saturated carbocycles. The number of benzene rings is 2. The molecule has 5 rings (SSSR count). The second-order valence-electron chi connectivity index (χ2n) is 8.78. The third-order valence-corrected chi connectivity index (χ3v) is 6.67. The first-order valence-electron chi connectivity index (χ1n) is 10.7. The van der Waals surface area contributed by atoms with E-state index in [1.165, 1.54) is 0 Å². The SMILES string of the molecule is OC(COc1ccc2ccc(-c3ccnnc3)cc2c1)CN1CCC2(CC1)CC2(F)F. The summed E-state index contributed by atoms with van der Waals surface area (Å²) in [5.41, 5.74) is 1.27. The first-order valence-corrected chi connectivity index (χ1v) is 10.7. The molecule has 2 aromatic carbocycles. The van der Waals surface area contributed by atoms with Gasteiger partial charge in [-0.3, -0.25) is 0 Å². The molecule has 2 heterocycles. The minimum Gasteiger partial charge on any atom is -0.491 e. The molecule has 1 unspecified atom stereocenters. The summed E-state index contributed by atoms with van der Waals surface area (Å²) in [6.07, 6.45) is 3.77. The van der Waals surface area contributed by atoms with E-state index in [0.717, 1.165) is 21.9 Å². The smallest absolute Gasteiger partial charge is 0.254 e. The summed E-state index contributed by atoms with van der Waals surface area (Å²) in [5.74, 6) is -1.79. The standard InChI is InChI=1S/C24H25F2N3O2/c25-24(26)16-23(24)6-9-29(10-7-23)14-21(30)15-31-22-4-3-17-1-2-18(11-20(17)12-22)19-5-8-27-28-13-19/h1-5,8,11-13,21,30H,6-7,9-10,14-16H2. The molecule has 0 radical (unpaired) electrons. The third-order valence-electron chi connectivity index (χ3n) is 6.67. The highest BCUT2D eigenvalue weighted by Crippen LogP contribution is 2.65. The van der Waals surface area contributed by atoms with Crippen LogP contribution in [0.25, 0.3) is 21.9 Å². The van der Waals surface area contributed by atoms with Crippen LogP contribution in [0.3, 0.4) is 0 Å². The van der Waals surface area contributed by atoms with Gasteiger partial charge in [-0.15, -0.1) is 0 Å². The number of likely N-dealkylation sites (tertiary alicyclic amines) is 1. The van der Waals surface area contributed by atoms with Crippen LogP contribution in [0, 0.1) is 5.41 Å². The Labute approximate surface area is 179 Å². The van der Waals surface area contributed by atoms with Crippen molar-refractivity contribution in [1.82, 2.24) is 15.1 Å². The zero-order valence-corrected chi connectivity index (χ0v) is 17.2. The highest BCUT2D eigenvalue weighted by Gasteiger charge is 2.70. The zero-order valence-electron chi connectivity index (χ0n) is 17.2. The fourth-order valence-corrected chi connectivity index (χ4v) is 4.59. The molecule has 1 aliphatic carbocycles. The van der Waals surface area contributed by atoms with E-state index in [0.29, 0.717) is 38.2 Å². The van der Waals surface area contributed by atoms with E-state index in [4.69, 9.17) is 4.74 Å². The Morgan fingerprint density at radius 3 is 2.48 bits per heavy atom. The molecule has 2 aliphatic rings. The van der Waals surface area contributed by atoms with Crippen LogP contribution in [0.1, 0.15) is 19.3 Å². The minimum atomic E-state index is -2.48. The predicted octanol–water partition coefficient (Wildman–Crippen LogP) is 4.16. The maximum Gasteiger partial charge on any atom is 0.254 e. The second-order valence-corrected chi connectivity index (χ2v) is 8.78. The van der Waals surface area contributed by atoms with Gasteiger partial charge in [0.25, 0.3) is 5.92 Å². The number of ether oxygens (including phenoxy) is 1. The van der Waals surface area contributed by atoms with Crippen molar-refractivity contribution in [3.05, 3.63) is 54.9 Å². The quantitative estimate of drug-likeness (QED) is 0.643. The minimum absolute atomic E-state index is 0.0286. The van der Waals surface area contributed by atoms with Gasteiger partial charge in [-0.25, -0.2) is 8.78 Å². The Kier molecular flexibility index (Phi) is 5.10. The van der Waals surface area contributed by atoms with Crippen LogP contribution in [0.4, 0.5) is 8.78 Å². The number of alkyl halides is 2. The highest BCUT2D eigenvalue weighted by molar-refractivity contribution is 5.88. The van der Waals surface area contributed by atoms with Crippen molar-refractivity contribution in [3.8, 4) is 16.9 Å². The number of hydrogen-bond acceptors (Lipinski definition) is 5. The van der Waals surface area contributed by atoms with Gasteiger partial charge in [-0.05, 0) is 66.5 Å². The van der Waals surface area contributed by atoms with Gasteiger partial charge in [0.2, 0.25) is 0 Å². The predicted molar refractivity (Wildman–Crippen MR) is 114 cm³/mol. The van der Waals surface area contributed by atoms with Gasteiger partial charge in [0.05, 0.1) is 12.4 Å². The molecule has 1 saturated heterocycles. The lowest BCUT2D eigenvalue weighted by Gasteiger charge is -2.33. The summed E-state index contributed by atoms with van der Waals surface area (Å²) in [5, 5.41) is 20.3. The van der Waals surface area contributed by atoms with E-state index >= 15 is 0 Å². The molecule has 31 heavy (non-hydrogen) atoms. The normalized spacial score (nSPS) is 20.6. The lowest BCUT2D eigenvalue weighted by Crippen LogP contribution is -2.42. The van der Waals surface area contributed by atoms with Crippen molar-refractivity contribution in [2.75, 3.05) is 26.2 Å². The molecule has 3 aromatic rings. The van der Waals surface area contributed by atoms with Crippen molar-refractivity contribution in [2.24, 2.45) is 5.41 Å². The molecule has 1 aliphatic heterocycles. The summed E-state index contributed by atoms with van der Waals surface area (Å²) in [7, 11) is 0. The van der Waals surface area contributed by atoms with Gasteiger partial charge in [0, 0.05) is 23.9 Å². The molecular weight excluding hydrogens is 400 g/mol. The number of aliphatic hydroxyl groups excluding tert-OH is 1. The fourth-order valence-electron chi connectivity index (χ4n) is 4.59. The number of β-amino-alcohol motifs (C(OH)–C–C–N with tert-alkyl or cyclic N) is 1. The largest absolute Gasteiger partial charge is 0.491 e. The van der Waals surface area contributed by atoms with E-state index < -0.39 is 17.4 Å². The summed E-state index contributed by atoms with van der Waals surface area (Å²) >= 11 is 0. The number of halogens is 2. The number of piperidine rings is 1. The van der Waals surface area contributed by atoms with Crippen LogP contribution in [0.2, 0.25) is 0 Å². The Bertz CT molecular complexity index is 1070. The molecule has 5 nitrogen and oxygen atoms in total. The Morgan fingerprint density at radius 1 is 1.00 bits per heavy atom. The maximum absolute atomic E-state index is 13.5. The monoisotopic (exact) mass is 425 g/mol. The second kappa shape index (κ2) is 7.80. The van der Waals surface area contributed by atoms with Gasteiger partial charge in [0.15, 0.2) is 0 Å². The number of aromatic nitrogens is 2. The van der Waals surface area contributed by atoms with Crippen molar-refractivity contribution < 1.29 is 18.6 Å². The lowest BCUT2D eigenvalue weighted by molar-refractivity contribution is 0.0138. The Balaban J connectivity index is 1.18. The van der Waals surface area contributed by atoms with E-state index in [9.17, 15) is 13.9 Å².